The maximum absolute atomic E-state index is 10.7. The number of thioether (sulfide) groups is 1. The molecule has 0 aliphatic heterocycles. The fourth-order valence-corrected chi connectivity index (χ4v) is 1.88. The van der Waals surface area contributed by atoms with Gasteiger partial charge in [-0.3, -0.25) is 4.79 Å². The van der Waals surface area contributed by atoms with Gasteiger partial charge in [-0.2, -0.15) is 0 Å². The molecule has 0 fully saturated rings. The Bertz CT molecular complexity index is 364. The van der Waals surface area contributed by atoms with Gasteiger partial charge < -0.3 is 10.3 Å². The van der Waals surface area contributed by atoms with Crippen molar-refractivity contribution in [2.24, 2.45) is 12.8 Å². The van der Waals surface area contributed by atoms with Gasteiger partial charge in [0, 0.05) is 25.6 Å². The summed E-state index contributed by atoms with van der Waals surface area (Å²) >= 11 is 1.58. The van der Waals surface area contributed by atoms with E-state index >= 15 is 0 Å². The van der Waals surface area contributed by atoms with E-state index in [4.69, 9.17) is 5.73 Å². The zero-order valence-electron chi connectivity index (χ0n) is 9.56. The van der Waals surface area contributed by atoms with Gasteiger partial charge in [0.15, 0.2) is 5.16 Å². The molecular formula is C10H16N4OS. The van der Waals surface area contributed by atoms with Crippen molar-refractivity contribution < 1.29 is 4.79 Å². The van der Waals surface area contributed by atoms with Crippen molar-refractivity contribution in [2.75, 3.05) is 5.75 Å². The summed E-state index contributed by atoms with van der Waals surface area (Å²) in [5.74, 6) is 1.28. The molecule has 0 saturated carbocycles. The van der Waals surface area contributed by atoms with Gasteiger partial charge >= 0.3 is 0 Å². The van der Waals surface area contributed by atoms with Crippen molar-refractivity contribution in [1.29, 1.82) is 0 Å². The van der Waals surface area contributed by atoms with E-state index in [0.29, 0.717) is 12.8 Å². The van der Waals surface area contributed by atoms with Crippen molar-refractivity contribution in [3.63, 3.8) is 0 Å². The Hall–Kier alpha value is -1.30. The van der Waals surface area contributed by atoms with Crippen LogP contribution in [0.4, 0.5) is 0 Å². The number of amides is 1. The van der Waals surface area contributed by atoms with Gasteiger partial charge in [-0.1, -0.05) is 23.9 Å². The summed E-state index contributed by atoms with van der Waals surface area (Å²) in [6.45, 7) is 5.80. The second-order valence-corrected chi connectivity index (χ2v) is 4.61. The molecule has 1 aromatic heterocycles. The highest BCUT2D eigenvalue weighted by Gasteiger charge is 2.09. The van der Waals surface area contributed by atoms with Gasteiger partial charge in [-0.05, 0) is 6.92 Å². The Labute approximate surface area is 99.1 Å². The fourth-order valence-electron chi connectivity index (χ4n) is 1.11. The van der Waals surface area contributed by atoms with Gasteiger partial charge in [0.2, 0.25) is 5.91 Å². The molecule has 0 spiro atoms. The second kappa shape index (κ2) is 5.69. The lowest BCUT2D eigenvalue weighted by Crippen LogP contribution is -2.12. The average Bonchev–Trinajstić information content (AvgIpc) is 2.53. The van der Waals surface area contributed by atoms with Crippen LogP contribution in [0.3, 0.4) is 0 Å². The van der Waals surface area contributed by atoms with E-state index < -0.39 is 0 Å². The third kappa shape index (κ3) is 3.69. The van der Waals surface area contributed by atoms with Crippen molar-refractivity contribution in [3.05, 3.63) is 18.0 Å². The van der Waals surface area contributed by atoms with Crippen LogP contribution in [0.1, 0.15) is 19.2 Å². The molecule has 16 heavy (non-hydrogen) atoms. The summed E-state index contributed by atoms with van der Waals surface area (Å²) in [6, 6.07) is 0. The van der Waals surface area contributed by atoms with Crippen molar-refractivity contribution in [2.45, 2.75) is 24.9 Å². The first-order valence-corrected chi connectivity index (χ1v) is 5.93. The summed E-state index contributed by atoms with van der Waals surface area (Å²) in [4.78, 5) is 10.7. The molecule has 2 N–H and O–H groups in total. The molecule has 0 aromatic carbocycles. The SMILES string of the molecule is C=C(C)CSc1nnc(CCC(N)=O)n1C. The number of nitrogens with two attached hydrogens (primary N) is 1. The molecule has 0 atom stereocenters. The van der Waals surface area contributed by atoms with Crippen LogP contribution < -0.4 is 5.73 Å². The topological polar surface area (TPSA) is 73.8 Å². The number of aryl methyl sites for hydroxylation is 1. The lowest BCUT2D eigenvalue weighted by atomic mass is 10.3. The first-order valence-electron chi connectivity index (χ1n) is 4.94. The number of primary amides is 1. The molecule has 1 heterocycles. The van der Waals surface area contributed by atoms with Gasteiger partial charge in [-0.25, -0.2) is 0 Å². The number of carbonyl (C=O) groups is 1. The van der Waals surface area contributed by atoms with E-state index in [0.717, 1.165) is 22.3 Å². The summed E-state index contributed by atoms with van der Waals surface area (Å²) in [6.07, 6.45) is 0.837. The molecule has 1 rings (SSSR count). The molecular weight excluding hydrogens is 224 g/mol. The van der Waals surface area contributed by atoms with Gasteiger partial charge in [0.25, 0.3) is 0 Å². The highest BCUT2D eigenvalue weighted by Crippen LogP contribution is 2.18. The number of nitrogens with zero attached hydrogens (tertiary/aromatic N) is 3. The van der Waals surface area contributed by atoms with E-state index in [-0.39, 0.29) is 5.91 Å². The van der Waals surface area contributed by atoms with E-state index in [1.54, 1.807) is 11.8 Å². The van der Waals surface area contributed by atoms with E-state index in [9.17, 15) is 4.79 Å². The number of aromatic nitrogens is 3. The van der Waals surface area contributed by atoms with Crippen LogP contribution in [-0.4, -0.2) is 26.4 Å². The summed E-state index contributed by atoms with van der Waals surface area (Å²) in [7, 11) is 1.89. The lowest BCUT2D eigenvalue weighted by molar-refractivity contribution is -0.118. The maximum atomic E-state index is 10.7. The molecule has 88 valence electrons. The molecule has 5 nitrogen and oxygen atoms in total. The standard InChI is InChI=1S/C10H16N4OS/c1-7(2)6-16-10-13-12-9(14(10)3)5-4-8(11)15/h1,4-6H2,2-3H3,(H2,11,15). The molecule has 1 amide bonds. The van der Waals surface area contributed by atoms with Gasteiger partial charge in [0.1, 0.15) is 5.82 Å². The Balaban J connectivity index is 2.61. The highest BCUT2D eigenvalue weighted by molar-refractivity contribution is 7.99. The number of hydrogen-bond donors (Lipinski definition) is 1. The molecule has 0 radical (unpaired) electrons. The molecule has 0 bridgehead atoms. The third-order valence-corrected chi connectivity index (χ3v) is 3.22. The van der Waals surface area contributed by atoms with E-state index in [2.05, 4.69) is 16.8 Å². The first-order chi connectivity index (χ1) is 7.50. The maximum Gasteiger partial charge on any atom is 0.217 e. The zero-order chi connectivity index (χ0) is 12.1. The first kappa shape index (κ1) is 12.8. The van der Waals surface area contributed by atoms with Crippen LogP contribution in [-0.2, 0) is 18.3 Å². The van der Waals surface area contributed by atoms with Crippen molar-refractivity contribution in [1.82, 2.24) is 14.8 Å². The zero-order valence-corrected chi connectivity index (χ0v) is 10.4. The quantitative estimate of drug-likeness (QED) is 0.592. The molecule has 0 saturated heterocycles. The Kier molecular flexibility index (Phi) is 4.54. The predicted octanol–water partition coefficient (Wildman–Crippen LogP) is 0.901. The number of hydrogen-bond acceptors (Lipinski definition) is 4. The summed E-state index contributed by atoms with van der Waals surface area (Å²) in [5.41, 5.74) is 6.17. The molecule has 0 aliphatic carbocycles. The monoisotopic (exact) mass is 240 g/mol. The summed E-state index contributed by atoms with van der Waals surface area (Å²) < 4.78 is 1.89. The Morgan fingerprint density at radius 3 is 2.81 bits per heavy atom. The van der Waals surface area contributed by atoms with Crippen molar-refractivity contribution in [3.8, 4) is 0 Å². The molecule has 1 aromatic rings. The average molecular weight is 240 g/mol. The number of rotatable bonds is 6. The highest BCUT2D eigenvalue weighted by atomic mass is 32.2. The third-order valence-electron chi connectivity index (χ3n) is 1.97. The fraction of sp³-hybridized carbons (Fsp3) is 0.500. The Morgan fingerprint density at radius 1 is 1.56 bits per heavy atom. The lowest BCUT2D eigenvalue weighted by Gasteiger charge is -2.02. The molecule has 0 unspecified atom stereocenters. The normalized spacial score (nSPS) is 10.4. The van der Waals surface area contributed by atoms with Crippen LogP contribution in [0.2, 0.25) is 0 Å². The minimum Gasteiger partial charge on any atom is -0.370 e. The van der Waals surface area contributed by atoms with Gasteiger partial charge in [0.05, 0.1) is 0 Å². The minimum atomic E-state index is -0.320. The van der Waals surface area contributed by atoms with Crippen LogP contribution >= 0.6 is 11.8 Å². The Morgan fingerprint density at radius 2 is 2.25 bits per heavy atom. The van der Waals surface area contributed by atoms with Gasteiger partial charge in [-0.15, -0.1) is 10.2 Å². The summed E-state index contributed by atoms with van der Waals surface area (Å²) in [5, 5.41) is 8.90. The second-order valence-electron chi connectivity index (χ2n) is 3.67. The molecule has 0 aliphatic rings. The van der Waals surface area contributed by atoms with Crippen LogP contribution in [0, 0.1) is 0 Å². The number of carbonyl (C=O) groups excluding carboxylic acids is 1. The van der Waals surface area contributed by atoms with E-state index in [1.165, 1.54) is 0 Å². The minimum absolute atomic E-state index is 0.303. The van der Waals surface area contributed by atoms with Crippen LogP contribution in [0.15, 0.2) is 17.3 Å². The van der Waals surface area contributed by atoms with Crippen LogP contribution in [0.25, 0.3) is 0 Å². The predicted molar refractivity (Wildman–Crippen MR) is 64.1 cm³/mol. The van der Waals surface area contributed by atoms with Crippen molar-refractivity contribution >= 4 is 17.7 Å². The smallest absolute Gasteiger partial charge is 0.217 e. The largest absolute Gasteiger partial charge is 0.370 e. The van der Waals surface area contributed by atoms with Crippen LogP contribution in [0.5, 0.6) is 0 Å². The molecule has 6 heteroatoms. The van der Waals surface area contributed by atoms with E-state index in [1.807, 2.05) is 18.5 Å².